The van der Waals surface area contributed by atoms with Crippen LogP contribution in [0.4, 0.5) is 0 Å². The Morgan fingerprint density at radius 1 is 0.302 bits per heavy atom. The SMILES string of the molecule is CCCCCC(CCCC)OC(O)CCCCCCCCCN(CCCCCCCCCC(=O)OC(CCCC)CC(CCC)CCC(CCCC)COC(=O)CCCCCCCCCN(CCCCCCCCCC(=O)OCC(CC)CCCC)CCN(C)C)CCN(C)C. The van der Waals surface area contributed by atoms with Crippen LogP contribution in [0.1, 0.15) is 395 Å². The number of hydrogen-bond donors (Lipinski definition) is 1. The number of carbonyl (C=O) groups is 3. The molecule has 12 nitrogen and oxygen atoms in total. The number of aliphatic hydroxyl groups is 1. The van der Waals surface area contributed by atoms with Crippen LogP contribution in [0.15, 0.2) is 0 Å². The highest BCUT2D eigenvalue weighted by molar-refractivity contribution is 5.70. The predicted molar refractivity (Wildman–Crippen MR) is 412 cm³/mol. The molecule has 12 heteroatoms. The maximum atomic E-state index is 13.3. The van der Waals surface area contributed by atoms with Gasteiger partial charge < -0.3 is 43.7 Å². The molecule has 0 aromatic rings. The van der Waals surface area contributed by atoms with Gasteiger partial charge in [-0.3, -0.25) is 14.4 Å². The van der Waals surface area contributed by atoms with Gasteiger partial charge in [-0.15, -0.1) is 0 Å². The monoisotopic (exact) mass is 1360 g/mol. The van der Waals surface area contributed by atoms with Crippen molar-refractivity contribution in [3.05, 3.63) is 0 Å². The Balaban J connectivity index is 4.52. The summed E-state index contributed by atoms with van der Waals surface area (Å²) < 4.78 is 24.0. The molecule has 0 fully saturated rings. The molecule has 0 bridgehead atoms. The summed E-state index contributed by atoms with van der Waals surface area (Å²) in [4.78, 5) is 48.6. The highest BCUT2D eigenvalue weighted by atomic mass is 16.6. The van der Waals surface area contributed by atoms with Crippen LogP contribution < -0.4 is 0 Å². The summed E-state index contributed by atoms with van der Waals surface area (Å²) in [7, 11) is 8.73. The first-order valence-electron chi connectivity index (χ1n) is 42.3. The van der Waals surface area contributed by atoms with Gasteiger partial charge in [0.1, 0.15) is 6.10 Å². The number of carbonyl (C=O) groups excluding carboxylic acids is 3. The molecule has 0 heterocycles. The minimum Gasteiger partial charge on any atom is -0.465 e. The fourth-order valence-corrected chi connectivity index (χ4v) is 13.8. The molecular weight excluding hydrogens is 1190 g/mol. The van der Waals surface area contributed by atoms with Crippen molar-refractivity contribution >= 4 is 17.9 Å². The summed E-state index contributed by atoms with van der Waals surface area (Å²) >= 11 is 0. The maximum Gasteiger partial charge on any atom is 0.306 e. The van der Waals surface area contributed by atoms with E-state index in [4.69, 9.17) is 18.9 Å². The highest BCUT2D eigenvalue weighted by Crippen LogP contribution is 2.29. The van der Waals surface area contributed by atoms with Crippen molar-refractivity contribution in [1.29, 1.82) is 0 Å². The third kappa shape index (κ3) is 64.3. The Morgan fingerprint density at radius 2 is 0.646 bits per heavy atom. The largest absolute Gasteiger partial charge is 0.465 e. The van der Waals surface area contributed by atoms with E-state index in [-0.39, 0.29) is 30.1 Å². The molecule has 0 spiro atoms. The average molecular weight is 1360 g/mol. The van der Waals surface area contributed by atoms with Crippen LogP contribution in [-0.2, 0) is 33.3 Å². The van der Waals surface area contributed by atoms with Gasteiger partial charge in [-0.25, -0.2) is 0 Å². The molecule has 0 radical (unpaired) electrons. The van der Waals surface area contributed by atoms with Crippen molar-refractivity contribution < 1.29 is 38.4 Å². The van der Waals surface area contributed by atoms with Crippen molar-refractivity contribution in [3.8, 4) is 0 Å². The molecule has 0 aromatic heterocycles. The Morgan fingerprint density at radius 3 is 1.06 bits per heavy atom. The molecule has 0 aliphatic carbocycles. The van der Waals surface area contributed by atoms with Gasteiger partial charge in [0.05, 0.1) is 19.3 Å². The second-order valence-corrected chi connectivity index (χ2v) is 30.6. The van der Waals surface area contributed by atoms with Crippen LogP contribution in [0.2, 0.25) is 0 Å². The summed E-state index contributed by atoms with van der Waals surface area (Å²) in [6.07, 6.45) is 60.6. The average Bonchev–Trinajstić information content (AvgIpc) is 2.35. The molecular formula is C84H168N4O8. The number of aliphatic hydroxyl groups excluding tert-OH is 1. The Labute approximate surface area is 598 Å². The lowest BCUT2D eigenvalue weighted by Crippen LogP contribution is -2.33. The fourth-order valence-electron chi connectivity index (χ4n) is 13.8. The minimum absolute atomic E-state index is 0.000731. The van der Waals surface area contributed by atoms with Crippen molar-refractivity contribution in [2.45, 2.75) is 414 Å². The number of unbranched alkanes of at least 4 members (excludes halogenated alkanes) is 30. The van der Waals surface area contributed by atoms with E-state index in [0.717, 1.165) is 167 Å². The number of ether oxygens (including phenoxy) is 4. The zero-order valence-electron chi connectivity index (χ0n) is 66.3. The zero-order valence-corrected chi connectivity index (χ0v) is 66.3. The van der Waals surface area contributed by atoms with Crippen molar-refractivity contribution in [2.75, 3.05) is 93.8 Å². The van der Waals surface area contributed by atoms with Gasteiger partial charge in [0.15, 0.2) is 6.29 Å². The molecule has 0 aliphatic rings. The Bertz CT molecular complexity index is 1640. The first kappa shape index (κ1) is 94.2. The van der Waals surface area contributed by atoms with E-state index in [1.807, 2.05) is 0 Å². The molecule has 0 saturated heterocycles. The molecule has 6 unspecified atom stereocenters. The first-order chi connectivity index (χ1) is 46.7. The van der Waals surface area contributed by atoms with Crippen molar-refractivity contribution in [3.63, 3.8) is 0 Å². The molecule has 0 aliphatic heterocycles. The van der Waals surface area contributed by atoms with E-state index in [2.05, 4.69) is 96.3 Å². The van der Waals surface area contributed by atoms with Gasteiger partial charge in [-0.1, -0.05) is 267 Å². The Kier molecular flexibility index (Phi) is 70.2. The first-order valence-corrected chi connectivity index (χ1v) is 42.3. The summed E-state index contributed by atoms with van der Waals surface area (Å²) in [5, 5.41) is 10.6. The van der Waals surface area contributed by atoms with Crippen LogP contribution in [0.3, 0.4) is 0 Å². The number of nitrogens with zero attached hydrogens (tertiary/aromatic N) is 4. The lowest BCUT2D eigenvalue weighted by molar-refractivity contribution is -0.150. The van der Waals surface area contributed by atoms with E-state index < -0.39 is 6.29 Å². The van der Waals surface area contributed by atoms with E-state index >= 15 is 0 Å². The minimum atomic E-state index is -0.598. The van der Waals surface area contributed by atoms with Gasteiger partial charge in [0.2, 0.25) is 0 Å². The molecule has 96 heavy (non-hydrogen) atoms. The third-order valence-electron chi connectivity index (χ3n) is 20.5. The molecule has 1 N–H and O–H groups in total. The summed E-state index contributed by atoms with van der Waals surface area (Å²) in [5.74, 6) is 1.40. The maximum absolute atomic E-state index is 13.3. The smallest absolute Gasteiger partial charge is 0.306 e. The van der Waals surface area contributed by atoms with E-state index in [1.165, 1.54) is 212 Å². The topological polar surface area (TPSA) is 121 Å². The van der Waals surface area contributed by atoms with Crippen LogP contribution >= 0.6 is 0 Å². The number of likely N-dealkylation sites (N-methyl/N-ethyl adjacent to an activating group) is 2. The molecule has 0 aromatic carbocycles. The lowest BCUT2D eigenvalue weighted by atomic mass is 9.86. The van der Waals surface area contributed by atoms with Crippen LogP contribution in [-0.4, -0.2) is 155 Å². The van der Waals surface area contributed by atoms with Crippen LogP contribution in [0, 0.1) is 17.8 Å². The predicted octanol–water partition coefficient (Wildman–Crippen LogP) is 22.5. The zero-order chi connectivity index (χ0) is 70.6. The van der Waals surface area contributed by atoms with Crippen LogP contribution in [0.5, 0.6) is 0 Å². The Hall–Kier alpha value is -1.83. The second kappa shape index (κ2) is 71.6. The number of esters is 3. The summed E-state index contributed by atoms with van der Waals surface area (Å²) in [5.41, 5.74) is 0. The normalized spacial score (nSPS) is 13.9. The standard InChI is InChI=1S/C84H168N4O8/c1-12-19-44-58-79(56-22-15-4)95-83(91)61-47-38-30-26-34-42-51-67-88(72-70-86(10)11)68-52-43-35-27-31-39-48-62-84(92)96-80(57-23-16-5)73-77(53-17-6)63-64-78(55-21-14-3)75-94-82(90)60-46-37-29-25-33-41-50-66-87(71-69-85(8)9)65-49-40-32-24-28-36-45-59-81(89)93-74-76(18-7)54-20-13-2/h76-80,83,91H,12-75H2,1-11H3. The van der Waals surface area contributed by atoms with Crippen molar-refractivity contribution in [1.82, 2.24) is 19.6 Å². The quantitative estimate of drug-likeness (QED) is 0.0270. The molecule has 6 atom stereocenters. The number of rotatable bonds is 77. The molecule has 0 amide bonds. The van der Waals surface area contributed by atoms with E-state index in [1.54, 1.807) is 0 Å². The van der Waals surface area contributed by atoms with Gasteiger partial charge >= 0.3 is 17.9 Å². The highest BCUT2D eigenvalue weighted by Gasteiger charge is 2.23. The molecule has 572 valence electrons. The number of hydrogen-bond acceptors (Lipinski definition) is 12. The van der Waals surface area contributed by atoms with Gasteiger partial charge in [-0.2, -0.15) is 0 Å². The lowest BCUT2D eigenvalue weighted by Gasteiger charge is -2.25. The van der Waals surface area contributed by atoms with Gasteiger partial charge in [0.25, 0.3) is 0 Å². The molecule has 0 saturated carbocycles. The third-order valence-corrected chi connectivity index (χ3v) is 20.5. The van der Waals surface area contributed by atoms with Gasteiger partial charge in [-0.05, 0) is 181 Å². The van der Waals surface area contributed by atoms with Crippen LogP contribution in [0.25, 0.3) is 0 Å². The van der Waals surface area contributed by atoms with E-state index in [0.29, 0.717) is 50.2 Å². The van der Waals surface area contributed by atoms with Crippen molar-refractivity contribution in [2.24, 2.45) is 17.8 Å². The second-order valence-electron chi connectivity index (χ2n) is 30.6. The fraction of sp³-hybridized carbons (Fsp3) is 0.964. The molecule has 0 rings (SSSR count). The van der Waals surface area contributed by atoms with E-state index in [9.17, 15) is 19.5 Å². The van der Waals surface area contributed by atoms with Gasteiger partial charge in [0, 0.05) is 45.4 Å². The summed E-state index contributed by atoms with van der Waals surface area (Å²) in [6.45, 7) is 26.1. The summed E-state index contributed by atoms with van der Waals surface area (Å²) in [6, 6.07) is 0.